The monoisotopic (exact) mass is 610 g/mol. The molecule has 0 saturated heterocycles. The van der Waals surface area contributed by atoms with E-state index in [1.807, 2.05) is 11.4 Å². The van der Waals surface area contributed by atoms with Crippen molar-refractivity contribution in [3.05, 3.63) is 39.0 Å². The maximum atomic E-state index is 13.5. The summed E-state index contributed by atoms with van der Waals surface area (Å²) in [6, 6.07) is 5.40. The minimum atomic E-state index is -5.08. The second-order valence-corrected chi connectivity index (χ2v) is 13.7. The number of hydrogen-bond donors (Lipinski definition) is 2. The van der Waals surface area contributed by atoms with E-state index >= 15 is 0 Å². The molecule has 38 heavy (non-hydrogen) atoms. The topological polar surface area (TPSA) is 103 Å². The van der Waals surface area contributed by atoms with Crippen LogP contribution in [0.5, 0.6) is 0 Å². The number of alkyl halides is 3. The number of halogens is 4. The van der Waals surface area contributed by atoms with Crippen LogP contribution in [0, 0.1) is 0 Å². The standard InChI is InChI=1S/C21H25ClN4O2S3.C2HF3O2/c1-25(2)21(6-7-21)13-23-20-24-16-10-15(22)19(11-18(16)30-20)31(27,28)26-8-3-4-17-14(12-26)5-9-29-17;3-2(4,5)1(6)7/h5,9-11H,3-4,6-8,12-13H2,1-2H3,(H,23,24);(H,6,7). The molecule has 1 aliphatic carbocycles. The van der Waals surface area contributed by atoms with Crippen molar-refractivity contribution in [2.45, 2.75) is 48.8 Å². The van der Waals surface area contributed by atoms with Crippen LogP contribution in [0.15, 0.2) is 28.5 Å². The van der Waals surface area contributed by atoms with Crippen LogP contribution < -0.4 is 5.32 Å². The molecule has 2 N–H and O–H groups in total. The molecule has 1 aliphatic heterocycles. The molecule has 1 aromatic carbocycles. The van der Waals surface area contributed by atoms with Crippen LogP contribution >= 0.6 is 34.3 Å². The van der Waals surface area contributed by atoms with E-state index in [9.17, 15) is 21.6 Å². The summed E-state index contributed by atoms with van der Waals surface area (Å²) in [6.07, 6.45) is -0.999. The van der Waals surface area contributed by atoms with E-state index in [1.165, 1.54) is 29.1 Å². The number of carboxylic acid groups (broad SMARTS) is 1. The SMILES string of the molecule is CN(C)C1(CNc2nc3cc(Cl)c(S(=O)(=O)N4CCCc5sccc5C4)cc3s2)CC1.O=C(O)C(F)(F)F. The number of anilines is 1. The number of aliphatic carboxylic acids is 1. The Balaban J connectivity index is 0.000000426. The van der Waals surface area contributed by atoms with Crippen molar-refractivity contribution in [2.75, 3.05) is 32.5 Å². The average molecular weight is 611 g/mol. The molecule has 15 heteroatoms. The van der Waals surface area contributed by atoms with Crippen LogP contribution in [0.25, 0.3) is 10.2 Å². The summed E-state index contributed by atoms with van der Waals surface area (Å²) in [5, 5.41) is 13.6. The fourth-order valence-electron chi connectivity index (χ4n) is 4.13. The summed E-state index contributed by atoms with van der Waals surface area (Å²) in [5.41, 5.74) is 2.03. The van der Waals surface area contributed by atoms with Gasteiger partial charge in [-0.3, -0.25) is 0 Å². The summed E-state index contributed by atoms with van der Waals surface area (Å²) in [5.74, 6) is -2.76. The van der Waals surface area contributed by atoms with Gasteiger partial charge in [0.2, 0.25) is 10.0 Å². The molecule has 3 heterocycles. The number of hydrogen-bond acceptors (Lipinski definition) is 8. The van der Waals surface area contributed by atoms with Crippen molar-refractivity contribution < 1.29 is 31.5 Å². The third-order valence-corrected chi connectivity index (χ3v) is 11.0. The third kappa shape index (κ3) is 6.26. The van der Waals surface area contributed by atoms with Gasteiger partial charge in [-0.1, -0.05) is 22.9 Å². The number of benzene rings is 1. The molecule has 8 nitrogen and oxygen atoms in total. The molecule has 0 radical (unpaired) electrons. The van der Waals surface area contributed by atoms with Gasteiger partial charge in [0.15, 0.2) is 5.13 Å². The quantitative estimate of drug-likeness (QED) is 0.391. The minimum Gasteiger partial charge on any atom is -0.475 e. The number of carbonyl (C=O) groups is 1. The van der Waals surface area contributed by atoms with E-state index in [0.717, 1.165) is 40.3 Å². The van der Waals surface area contributed by atoms with Gasteiger partial charge in [0.1, 0.15) is 4.90 Å². The lowest BCUT2D eigenvalue weighted by atomic mass is 10.2. The number of sulfonamides is 1. The van der Waals surface area contributed by atoms with Crippen molar-refractivity contribution in [2.24, 2.45) is 0 Å². The molecule has 3 aromatic rings. The summed E-state index contributed by atoms with van der Waals surface area (Å²) in [4.78, 5) is 17.2. The van der Waals surface area contributed by atoms with Crippen LogP contribution in [0.4, 0.5) is 18.3 Å². The van der Waals surface area contributed by atoms with Crippen molar-refractivity contribution in [1.29, 1.82) is 0 Å². The Morgan fingerprint density at radius 2 is 2.00 bits per heavy atom. The fourth-order valence-corrected chi connectivity index (χ4v) is 8.01. The van der Waals surface area contributed by atoms with Gasteiger partial charge in [-0.25, -0.2) is 18.2 Å². The average Bonchev–Trinajstić information content (AvgIpc) is 3.42. The number of nitrogens with one attached hydrogen (secondary N) is 1. The van der Waals surface area contributed by atoms with Crippen LogP contribution in [-0.2, 0) is 27.8 Å². The number of aromatic nitrogens is 1. The largest absolute Gasteiger partial charge is 0.490 e. The highest BCUT2D eigenvalue weighted by molar-refractivity contribution is 7.89. The lowest BCUT2D eigenvalue weighted by Crippen LogP contribution is -2.36. The molecule has 1 saturated carbocycles. The summed E-state index contributed by atoms with van der Waals surface area (Å²) in [7, 11) is 0.508. The highest BCUT2D eigenvalue weighted by Gasteiger charge is 2.44. The highest BCUT2D eigenvalue weighted by atomic mass is 35.5. The number of carboxylic acids is 1. The summed E-state index contributed by atoms with van der Waals surface area (Å²) in [6.45, 7) is 1.73. The first-order valence-electron chi connectivity index (χ1n) is 11.6. The highest BCUT2D eigenvalue weighted by Crippen LogP contribution is 2.41. The Morgan fingerprint density at radius 1 is 1.32 bits per heavy atom. The molecule has 5 rings (SSSR count). The van der Waals surface area contributed by atoms with Gasteiger partial charge in [-0.15, -0.1) is 11.3 Å². The second kappa shape index (κ2) is 10.9. The van der Waals surface area contributed by atoms with Gasteiger partial charge >= 0.3 is 12.1 Å². The van der Waals surface area contributed by atoms with E-state index in [4.69, 9.17) is 21.5 Å². The van der Waals surface area contributed by atoms with Crippen molar-refractivity contribution in [1.82, 2.24) is 14.2 Å². The predicted octanol–water partition coefficient (Wildman–Crippen LogP) is 5.29. The molecular weight excluding hydrogens is 585 g/mol. The maximum absolute atomic E-state index is 13.5. The zero-order valence-corrected chi connectivity index (χ0v) is 23.7. The van der Waals surface area contributed by atoms with Gasteiger partial charge in [-0.05, 0) is 68.9 Å². The Bertz CT molecular complexity index is 1440. The molecular formula is C23H26ClF3N4O4S3. The normalized spacial score (nSPS) is 17.4. The number of thiazole rings is 1. The zero-order valence-electron chi connectivity index (χ0n) is 20.5. The Morgan fingerprint density at radius 3 is 2.61 bits per heavy atom. The molecule has 0 spiro atoms. The smallest absolute Gasteiger partial charge is 0.475 e. The first-order chi connectivity index (χ1) is 17.7. The third-order valence-electron chi connectivity index (χ3n) is 6.64. The first kappa shape index (κ1) is 29.0. The second-order valence-electron chi connectivity index (χ2n) is 9.36. The first-order valence-corrected chi connectivity index (χ1v) is 15.1. The Labute approximate surface area is 231 Å². The van der Waals surface area contributed by atoms with E-state index in [1.54, 1.807) is 27.8 Å². The van der Waals surface area contributed by atoms with Gasteiger partial charge in [0.05, 0.1) is 15.2 Å². The van der Waals surface area contributed by atoms with Crippen LogP contribution in [0.2, 0.25) is 5.02 Å². The molecule has 2 aromatic heterocycles. The molecule has 1 fully saturated rings. The van der Waals surface area contributed by atoms with E-state index in [-0.39, 0.29) is 15.5 Å². The maximum Gasteiger partial charge on any atom is 0.490 e. The number of aryl methyl sites for hydroxylation is 1. The van der Waals surface area contributed by atoms with Gasteiger partial charge in [0, 0.05) is 30.1 Å². The van der Waals surface area contributed by atoms with Crippen molar-refractivity contribution in [3.63, 3.8) is 0 Å². The van der Waals surface area contributed by atoms with E-state index in [2.05, 4.69) is 29.3 Å². The Hall–Kier alpha value is -1.97. The number of rotatable bonds is 6. The van der Waals surface area contributed by atoms with Gasteiger partial charge in [0.25, 0.3) is 0 Å². The Kier molecular flexibility index (Phi) is 8.32. The molecule has 208 valence electrons. The number of likely N-dealkylation sites (N-methyl/N-ethyl adjacent to an activating group) is 1. The lowest BCUT2D eigenvalue weighted by molar-refractivity contribution is -0.192. The van der Waals surface area contributed by atoms with Crippen molar-refractivity contribution in [3.8, 4) is 0 Å². The van der Waals surface area contributed by atoms with Crippen LogP contribution in [0.1, 0.15) is 29.7 Å². The number of nitrogens with zero attached hydrogens (tertiary/aromatic N) is 3. The molecule has 0 bridgehead atoms. The van der Waals surface area contributed by atoms with Crippen LogP contribution in [-0.4, -0.2) is 72.6 Å². The van der Waals surface area contributed by atoms with Gasteiger partial charge in [-0.2, -0.15) is 17.5 Å². The van der Waals surface area contributed by atoms with Crippen molar-refractivity contribution >= 4 is 65.6 Å². The molecule has 2 aliphatic rings. The number of fused-ring (bicyclic) bond motifs is 2. The predicted molar refractivity (Wildman–Crippen MR) is 143 cm³/mol. The molecule has 0 amide bonds. The number of thiophene rings is 1. The summed E-state index contributed by atoms with van der Waals surface area (Å²) < 4.78 is 61.1. The van der Waals surface area contributed by atoms with Crippen LogP contribution in [0.3, 0.4) is 0 Å². The van der Waals surface area contributed by atoms with E-state index < -0.39 is 22.2 Å². The molecule has 0 atom stereocenters. The molecule has 0 unspecified atom stereocenters. The zero-order chi connectivity index (χ0) is 27.9. The summed E-state index contributed by atoms with van der Waals surface area (Å²) >= 11 is 9.65. The fraction of sp³-hybridized carbons (Fsp3) is 0.478. The minimum absolute atomic E-state index is 0.169. The lowest BCUT2D eigenvalue weighted by Gasteiger charge is -2.23. The van der Waals surface area contributed by atoms with E-state index in [0.29, 0.717) is 13.1 Å². The van der Waals surface area contributed by atoms with Gasteiger partial charge < -0.3 is 15.3 Å².